The van der Waals surface area contributed by atoms with Gasteiger partial charge in [-0.25, -0.2) is 13.2 Å². The lowest BCUT2D eigenvalue weighted by molar-refractivity contribution is 0.473. The van der Waals surface area contributed by atoms with Crippen molar-refractivity contribution in [2.75, 3.05) is 0 Å². The van der Waals surface area contributed by atoms with Crippen LogP contribution in [0.1, 0.15) is 11.1 Å². The molecule has 0 heterocycles. The molecule has 2 aromatic rings. The van der Waals surface area contributed by atoms with E-state index in [2.05, 4.69) is 5.43 Å². The van der Waals surface area contributed by atoms with Crippen molar-refractivity contribution in [1.29, 1.82) is 0 Å². The van der Waals surface area contributed by atoms with Crippen LogP contribution in [0.3, 0.4) is 0 Å². The maximum absolute atomic E-state index is 13.7. The molecule has 0 radical (unpaired) electrons. The van der Waals surface area contributed by atoms with Crippen LogP contribution in [0.5, 0.6) is 0 Å². The Kier molecular flexibility index (Phi) is 5.22. The number of halogens is 4. The maximum atomic E-state index is 13.7. The molecule has 6 heteroatoms. The van der Waals surface area contributed by atoms with E-state index in [1.165, 1.54) is 24.3 Å². The molecule has 0 amide bonds. The first-order valence-corrected chi connectivity index (χ1v) is 6.72. The van der Waals surface area contributed by atoms with Gasteiger partial charge < -0.3 is 0 Å². The van der Waals surface area contributed by atoms with Gasteiger partial charge in [0, 0.05) is 6.04 Å². The summed E-state index contributed by atoms with van der Waals surface area (Å²) in [5.74, 6) is 3.11. The zero-order valence-electron chi connectivity index (χ0n) is 11.0. The molecule has 2 aromatic carbocycles. The van der Waals surface area contributed by atoms with Gasteiger partial charge in [-0.1, -0.05) is 35.9 Å². The van der Waals surface area contributed by atoms with Crippen LogP contribution in [0.15, 0.2) is 36.4 Å². The fourth-order valence-electron chi connectivity index (χ4n) is 2.13. The topological polar surface area (TPSA) is 38.0 Å². The Labute approximate surface area is 125 Å². The Morgan fingerprint density at radius 3 is 2.19 bits per heavy atom. The molecule has 0 aliphatic carbocycles. The standard InChI is InChI=1S/C15H14ClF3N2/c16-14-9(3-1-5-12(14)17)7-11(21-20)8-10-4-2-6-13(18)15(10)19/h1-6,11,21H,7-8,20H2. The number of hydrazine groups is 1. The molecule has 21 heavy (non-hydrogen) atoms. The zero-order chi connectivity index (χ0) is 15.4. The number of nitrogens with two attached hydrogens (primary N) is 1. The van der Waals surface area contributed by atoms with E-state index in [1.54, 1.807) is 6.07 Å². The van der Waals surface area contributed by atoms with Gasteiger partial charge in [-0.3, -0.25) is 11.3 Å². The van der Waals surface area contributed by atoms with Crippen LogP contribution in [0, 0.1) is 17.5 Å². The number of benzene rings is 2. The minimum Gasteiger partial charge on any atom is -0.271 e. The van der Waals surface area contributed by atoms with Gasteiger partial charge in [0.1, 0.15) is 5.82 Å². The summed E-state index contributed by atoms with van der Waals surface area (Å²) in [5.41, 5.74) is 3.27. The lowest BCUT2D eigenvalue weighted by Crippen LogP contribution is -2.38. The summed E-state index contributed by atoms with van der Waals surface area (Å²) in [5, 5.41) is 0.0115. The number of hydrogen-bond acceptors (Lipinski definition) is 2. The maximum Gasteiger partial charge on any atom is 0.162 e. The van der Waals surface area contributed by atoms with Gasteiger partial charge in [0.05, 0.1) is 5.02 Å². The SMILES string of the molecule is NNC(Cc1cccc(F)c1F)Cc1cccc(F)c1Cl. The van der Waals surface area contributed by atoms with Crippen LogP contribution in [-0.4, -0.2) is 6.04 Å². The van der Waals surface area contributed by atoms with Crippen LogP contribution >= 0.6 is 11.6 Å². The van der Waals surface area contributed by atoms with Crippen molar-refractivity contribution in [2.24, 2.45) is 5.84 Å². The molecule has 0 aliphatic rings. The molecule has 0 fully saturated rings. The molecule has 0 spiro atoms. The molecule has 0 aromatic heterocycles. The quantitative estimate of drug-likeness (QED) is 0.656. The molecular weight excluding hydrogens is 301 g/mol. The predicted octanol–water partition coefficient (Wildman–Crippen LogP) is 3.37. The Hall–Kier alpha value is -1.56. The van der Waals surface area contributed by atoms with Crippen molar-refractivity contribution in [3.8, 4) is 0 Å². The molecule has 1 unspecified atom stereocenters. The number of rotatable bonds is 5. The Balaban J connectivity index is 2.17. The summed E-state index contributed by atoms with van der Waals surface area (Å²) in [6.45, 7) is 0. The van der Waals surface area contributed by atoms with Gasteiger partial charge in [0.15, 0.2) is 11.6 Å². The largest absolute Gasteiger partial charge is 0.271 e. The second-order valence-electron chi connectivity index (χ2n) is 4.70. The first-order valence-electron chi connectivity index (χ1n) is 6.34. The van der Waals surface area contributed by atoms with E-state index >= 15 is 0 Å². The van der Waals surface area contributed by atoms with Gasteiger partial charge in [0.2, 0.25) is 0 Å². The smallest absolute Gasteiger partial charge is 0.162 e. The summed E-state index contributed by atoms with van der Waals surface area (Å²) in [6.07, 6.45) is 0.454. The molecular formula is C15H14ClF3N2. The van der Waals surface area contributed by atoms with Crippen LogP contribution in [0.2, 0.25) is 5.02 Å². The van der Waals surface area contributed by atoms with Crippen molar-refractivity contribution in [1.82, 2.24) is 5.43 Å². The second-order valence-corrected chi connectivity index (χ2v) is 5.08. The Morgan fingerprint density at radius 2 is 1.52 bits per heavy atom. The van der Waals surface area contributed by atoms with E-state index < -0.39 is 23.5 Å². The molecule has 0 aliphatic heterocycles. The molecule has 0 bridgehead atoms. The Morgan fingerprint density at radius 1 is 0.952 bits per heavy atom. The zero-order valence-corrected chi connectivity index (χ0v) is 11.8. The molecule has 2 nitrogen and oxygen atoms in total. The first kappa shape index (κ1) is 15.8. The van der Waals surface area contributed by atoms with E-state index in [-0.39, 0.29) is 17.0 Å². The molecule has 0 saturated carbocycles. The van der Waals surface area contributed by atoms with Gasteiger partial charge in [-0.15, -0.1) is 0 Å². The van der Waals surface area contributed by atoms with E-state index in [0.29, 0.717) is 12.0 Å². The van der Waals surface area contributed by atoms with Crippen LogP contribution in [-0.2, 0) is 12.8 Å². The third-order valence-corrected chi connectivity index (χ3v) is 3.65. The molecule has 1 atom stereocenters. The highest BCUT2D eigenvalue weighted by atomic mass is 35.5. The lowest BCUT2D eigenvalue weighted by atomic mass is 9.99. The van der Waals surface area contributed by atoms with Gasteiger partial charge in [-0.2, -0.15) is 0 Å². The van der Waals surface area contributed by atoms with Crippen molar-refractivity contribution in [2.45, 2.75) is 18.9 Å². The van der Waals surface area contributed by atoms with E-state index in [4.69, 9.17) is 17.4 Å². The third-order valence-electron chi connectivity index (χ3n) is 3.23. The van der Waals surface area contributed by atoms with Gasteiger partial charge in [0.25, 0.3) is 0 Å². The number of nitrogens with one attached hydrogen (secondary N) is 1. The van der Waals surface area contributed by atoms with E-state index in [0.717, 1.165) is 6.07 Å². The molecule has 2 rings (SSSR count). The van der Waals surface area contributed by atoms with Crippen LogP contribution < -0.4 is 11.3 Å². The fraction of sp³-hybridized carbons (Fsp3) is 0.200. The average Bonchev–Trinajstić information content (AvgIpc) is 2.47. The van der Waals surface area contributed by atoms with Gasteiger partial charge in [-0.05, 0) is 36.1 Å². The summed E-state index contributed by atoms with van der Waals surface area (Å²) in [4.78, 5) is 0. The highest BCUT2D eigenvalue weighted by molar-refractivity contribution is 6.31. The predicted molar refractivity (Wildman–Crippen MR) is 76.3 cm³/mol. The fourth-order valence-corrected chi connectivity index (χ4v) is 2.34. The third kappa shape index (κ3) is 3.75. The van der Waals surface area contributed by atoms with Crippen molar-refractivity contribution < 1.29 is 13.2 Å². The van der Waals surface area contributed by atoms with Crippen molar-refractivity contribution in [3.63, 3.8) is 0 Å². The first-order chi connectivity index (χ1) is 10.0. The van der Waals surface area contributed by atoms with Crippen molar-refractivity contribution in [3.05, 3.63) is 70.0 Å². The lowest BCUT2D eigenvalue weighted by Gasteiger charge is -2.17. The van der Waals surface area contributed by atoms with Crippen LogP contribution in [0.25, 0.3) is 0 Å². The molecule has 3 N–H and O–H groups in total. The van der Waals surface area contributed by atoms with Crippen molar-refractivity contribution >= 4 is 11.6 Å². The van der Waals surface area contributed by atoms with Gasteiger partial charge >= 0.3 is 0 Å². The highest BCUT2D eigenvalue weighted by Gasteiger charge is 2.16. The normalized spacial score (nSPS) is 12.4. The van der Waals surface area contributed by atoms with E-state index in [9.17, 15) is 13.2 Å². The monoisotopic (exact) mass is 314 g/mol. The Bertz CT molecular complexity index is 581. The second kappa shape index (κ2) is 6.93. The average molecular weight is 315 g/mol. The summed E-state index contributed by atoms with van der Waals surface area (Å²) < 4.78 is 40.2. The summed E-state index contributed by atoms with van der Waals surface area (Å²) >= 11 is 5.88. The molecule has 0 saturated heterocycles. The van der Waals surface area contributed by atoms with E-state index in [1.807, 2.05) is 0 Å². The number of hydrogen-bond donors (Lipinski definition) is 2. The van der Waals surface area contributed by atoms with Crippen LogP contribution in [0.4, 0.5) is 13.2 Å². The summed E-state index contributed by atoms with van der Waals surface area (Å²) in [7, 11) is 0. The molecule has 112 valence electrons. The minimum atomic E-state index is -0.910. The summed E-state index contributed by atoms with van der Waals surface area (Å²) in [6, 6.07) is 8.01. The minimum absolute atomic E-state index is 0.0115. The highest BCUT2D eigenvalue weighted by Crippen LogP contribution is 2.22.